The highest BCUT2D eigenvalue weighted by Crippen LogP contribution is 2.12. The van der Waals surface area contributed by atoms with Crippen molar-refractivity contribution in [1.82, 2.24) is 10.3 Å². The number of thiazole rings is 1. The summed E-state index contributed by atoms with van der Waals surface area (Å²) in [5.74, 6) is -0.748. The van der Waals surface area contributed by atoms with Crippen LogP contribution in [0.4, 0.5) is 0 Å². The van der Waals surface area contributed by atoms with Crippen molar-refractivity contribution in [1.29, 1.82) is 0 Å². The Kier molecular flexibility index (Phi) is 6.55. The van der Waals surface area contributed by atoms with Crippen LogP contribution in [0.2, 0.25) is 0 Å². The van der Waals surface area contributed by atoms with Gasteiger partial charge in [0.15, 0.2) is 0 Å². The molecule has 1 heterocycles. The molecule has 0 saturated heterocycles. The highest BCUT2D eigenvalue weighted by atomic mass is 32.1. The lowest BCUT2D eigenvalue weighted by atomic mass is 10.0. The minimum atomic E-state index is -0.748. The fourth-order valence-electron chi connectivity index (χ4n) is 2.31. The number of hydrogen-bond donors (Lipinski definition) is 2. The predicted molar refractivity (Wildman–Crippen MR) is 89.1 cm³/mol. The normalized spacial score (nSPS) is 12.2. The van der Waals surface area contributed by atoms with Gasteiger partial charge in [-0.25, -0.2) is 4.98 Å². The van der Waals surface area contributed by atoms with E-state index < -0.39 is 5.97 Å². The van der Waals surface area contributed by atoms with Gasteiger partial charge in [0.05, 0.1) is 10.7 Å². The van der Waals surface area contributed by atoms with Crippen molar-refractivity contribution < 1.29 is 9.90 Å². The summed E-state index contributed by atoms with van der Waals surface area (Å²) in [7, 11) is 0. The fraction of sp³-hybridized carbons (Fsp3) is 0.412. The molecular weight excluding hydrogens is 296 g/mol. The van der Waals surface area contributed by atoms with Gasteiger partial charge in [0.25, 0.3) is 0 Å². The number of aromatic nitrogens is 1. The predicted octanol–water partition coefficient (Wildman–Crippen LogP) is 3.27. The van der Waals surface area contributed by atoms with Gasteiger partial charge in [-0.15, -0.1) is 11.3 Å². The minimum Gasteiger partial charge on any atom is -0.481 e. The van der Waals surface area contributed by atoms with E-state index in [1.54, 1.807) is 11.3 Å². The topological polar surface area (TPSA) is 62.2 Å². The van der Waals surface area contributed by atoms with Crippen molar-refractivity contribution in [3.8, 4) is 0 Å². The second-order valence-electron chi connectivity index (χ2n) is 5.29. The number of carboxylic acid groups (broad SMARTS) is 1. The Bertz CT molecular complexity index is 583. The molecule has 1 atom stereocenters. The third-order valence-electron chi connectivity index (χ3n) is 3.51. The Hall–Kier alpha value is -1.72. The van der Waals surface area contributed by atoms with E-state index in [0.29, 0.717) is 13.0 Å². The minimum absolute atomic E-state index is 0.144. The molecule has 1 aromatic carbocycles. The Labute approximate surface area is 135 Å². The second-order valence-corrected chi connectivity index (χ2v) is 6.23. The van der Waals surface area contributed by atoms with Gasteiger partial charge in [-0.3, -0.25) is 4.79 Å². The maximum atomic E-state index is 10.8. The lowest BCUT2D eigenvalue weighted by Crippen LogP contribution is -2.31. The lowest BCUT2D eigenvalue weighted by molar-refractivity contribution is -0.137. The van der Waals surface area contributed by atoms with Crippen LogP contribution in [-0.4, -0.2) is 22.1 Å². The zero-order valence-corrected chi connectivity index (χ0v) is 13.6. The summed E-state index contributed by atoms with van der Waals surface area (Å²) in [6, 6.07) is 10.3. The maximum Gasteiger partial charge on any atom is 0.303 e. The zero-order chi connectivity index (χ0) is 15.8. The summed E-state index contributed by atoms with van der Waals surface area (Å²) in [6.07, 6.45) is 2.59. The maximum absolute atomic E-state index is 10.8. The van der Waals surface area contributed by atoms with Crippen molar-refractivity contribution in [3.05, 3.63) is 52.0 Å². The standard InChI is InChI=1S/C17H22N2O2S/c1-2-16-19-15(12-22-16)11-18-14(8-9-17(20)21)10-13-6-4-3-5-7-13/h3-7,12,14,18H,2,8-11H2,1H3,(H,20,21). The molecule has 1 unspecified atom stereocenters. The Morgan fingerprint density at radius 1 is 1.36 bits per heavy atom. The average molecular weight is 318 g/mol. The molecule has 0 fully saturated rings. The molecule has 118 valence electrons. The van der Waals surface area contributed by atoms with Gasteiger partial charge in [0.2, 0.25) is 0 Å². The van der Waals surface area contributed by atoms with Gasteiger partial charge >= 0.3 is 5.97 Å². The van der Waals surface area contributed by atoms with Crippen LogP contribution in [-0.2, 0) is 24.2 Å². The highest BCUT2D eigenvalue weighted by Gasteiger charge is 2.12. The molecule has 0 spiro atoms. The summed E-state index contributed by atoms with van der Waals surface area (Å²) in [6.45, 7) is 2.79. The van der Waals surface area contributed by atoms with Crippen LogP contribution in [0.25, 0.3) is 0 Å². The van der Waals surface area contributed by atoms with Crippen LogP contribution >= 0.6 is 11.3 Å². The van der Waals surface area contributed by atoms with Crippen molar-refractivity contribution in [2.24, 2.45) is 0 Å². The molecule has 0 aliphatic rings. The van der Waals surface area contributed by atoms with E-state index in [2.05, 4.69) is 34.7 Å². The van der Waals surface area contributed by atoms with Gasteiger partial charge in [-0.1, -0.05) is 37.3 Å². The molecule has 0 aliphatic heterocycles. The Balaban J connectivity index is 1.92. The molecule has 2 N–H and O–H groups in total. The van der Waals surface area contributed by atoms with E-state index >= 15 is 0 Å². The molecule has 4 nitrogen and oxygen atoms in total. The van der Waals surface area contributed by atoms with Crippen LogP contribution in [0, 0.1) is 0 Å². The molecule has 2 aromatic rings. The number of nitrogens with one attached hydrogen (secondary N) is 1. The van der Waals surface area contributed by atoms with Crippen LogP contribution in [0.1, 0.15) is 36.0 Å². The van der Waals surface area contributed by atoms with Crippen LogP contribution in [0.5, 0.6) is 0 Å². The summed E-state index contributed by atoms with van der Waals surface area (Å²) in [4.78, 5) is 15.4. The largest absolute Gasteiger partial charge is 0.481 e. The van der Waals surface area contributed by atoms with E-state index in [1.165, 1.54) is 5.56 Å². The van der Waals surface area contributed by atoms with Crippen molar-refractivity contribution in [3.63, 3.8) is 0 Å². The van der Waals surface area contributed by atoms with Gasteiger partial charge in [-0.05, 0) is 24.8 Å². The van der Waals surface area contributed by atoms with E-state index in [-0.39, 0.29) is 12.5 Å². The molecule has 0 aliphatic carbocycles. The number of benzene rings is 1. The van der Waals surface area contributed by atoms with Gasteiger partial charge in [0.1, 0.15) is 0 Å². The van der Waals surface area contributed by atoms with Crippen molar-refractivity contribution >= 4 is 17.3 Å². The fourth-order valence-corrected chi connectivity index (χ4v) is 3.06. The van der Waals surface area contributed by atoms with Gasteiger partial charge < -0.3 is 10.4 Å². The zero-order valence-electron chi connectivity index (χ0n) is 12.8. The monoisotopic (exact) mass is 318 g/mol. The SMILES string of the molecule is CCc1nc(CNC(CCC(=O)O)Cc2ccccc2)cs1. The molecule has 0 saturated carbocycles. The van der Waals surface area contributed by atoms with Gasteiger partial charge in [0, 0.05) is 24.4 Å². The van der Waals surface area contributed by atoms with Crippen LogP contribution < -0.4 is 5.32 Å². The third-order valence-corrected chi connectivity index (χ3v) is 4.55. The molecule has 0 amide bonds. The number of rotatable bonds is 9. The number of carboxylic acids is 1. The summed E-state index contributed by atoms with van der Waals surface area (Å²) in [5, 5.41) is 15.6. The van der Waals surface area contributed by atoms with Crippen molar-refractivity contribution in [2.75, 3.05) is 0 Å². The van der Waals surface area contributed by atoms with E-state index in [0.717, 1.165) is 23.5 Å². The first-order valence-electron chi connectivity index (χ1n) is 7.59. The molecule has 5 heteroatoms. The number of carbonyl (C=O) groups is 1. The van der Waals surface area contributed by atoms with E-state index in [1.807, 2.05) is 18.2 Å². The molecule has 0 bridgehead atoms. The summed E-state index contributed by atoms with van der Waals surface area (Å²) < 4.78 is 0. The Morgan fingerprint density at radius 2 is 2.14 bits per heavy atom. The quantitative estimate of drug-likeness (QED) is 0.745. The average Bonchev–Trinajstić information content (AvgIpc) is 2.99. The van der Waals surface area contributed by atoms with Crippen molar-refractivity contribution in [2.45, 2.75) is 45.2 Å². The number of aryl methyl sites for hydroxylation is 1. The van der Waals surface area contributed by atoms with Crippen LogP contribution in [0.15, 0.2) is 35.7 Å². The number of aliphatic carboxylic acids is 1. The Morgan fingerprint density at radius 3 is 2.77 bits per heavy atom. The molecular formula is C17H22N2O2S. The summed E-state index contributed by atoms with van der Waals surface area (Å²) in [5.41, 5.74) is 2.26. The van der Waals surface area contributed by atoms with E-state index in [9.17, 15) is 4.79 Å². The third kappa shape index (κ3) is 5.58. The first kappa shape index (κ1) is 16.6. The highest BCUT2D eigenvalue weighted by molar-refractivity contribution is 7.09. The second kappa shape index (κ2) is 8.66. The van der Waals surface area contributed by atoms with Gasteiger partial charge in [-0.2, -0.15) is 0 Å². The first-order chi connectivity index (χ1) is 10.7. The number of nitrogens with zero attached hydrogens (tertiary/aromatic N) is 1. The smallest absolute Gasteiger partial charge is 0.303 e. The van der Waals surface area contributed by atoms with Crippen LogP contribution in [0.3, 0.4) is 0 Å². The lowest BCUT2D eigenvalue weighted by Gasteiger charge is -2.17. The molecule has 2 rings (SSSR count). The van der Waals surface area contributed by atoms with E-state index in [4.69, 9.17) is 5.11 Å². The summed E-state index contributed by atoms with van der Waals surface area (Å²) >= 11 is 1.68. The molecule has 0 radical (unpaired) electrons. The number of hydrogen-bond acceptors (Lipinski definition) is 4. The first-order valence-corrected chi connectivity index (χ1v) is 8.47. The molecule has 1 aromatic heterocycles. The molecule has 22 heavy (non-hydrogen) atoms.